The van der Waals surface area contributed by atoms with Gasteiger partial charge in [0.05, 0.1) is 14.2 Å². The van der Waals surface area contributed by atoms with Gasteiger partial charge in [-0.3, -0.25) is 0 Å². The van der Waals surface area contributed by atoms with Gasteiger partial charge in [-0.1, -0.05) is 24.8 Å². The minimum Gasteiger partial charge on any atom is -0.353 e. The van der Waals surface area contributed by atoms with Crippen LogP contribution in [0.3, 0.4) is 0 Å². The van der Waals surface area contributed by atoms with E-state index in [4.69, 9.17) is 9.47 Å². The second kappa shape index (κ2) is 8.06. The zero-order valence-corrected chi connectivity index (χ0v) is 13.5. The molecule has 0 aliphatic heterocycles. The predicted molar refractivity (Wildman–Crippen MR) is 78.0 cm³/mol. The number of allylic oxidation sites excluding steroid dienone is 1. The maximum absolute atomic E-state index is 5.72. The standard InChI is InChI=1S/C14H30O2Si/c1-8-15-14(4)16-12(2)10-9-11-13(3)17(5,6)7/h12,14H,3,8-11H2,1-2,4-7H3. The molecule has 17 heavy (non-hydrogen) atoms. The molecular formula is C14H30O2Si. The van der Waals surface area contributed by atoms with Crippen molar-refractivity contribution in [2.75, 3.05) is 6.61 Å². The van der Waals surface area contributed by atoms with Crippen LogP contribution in [0.2, 0.25) is 19.6 Å². The fraction of sp³-hybridized carbons (Fsp3) is 0.857. The van der Waals surface area contributed by atoms with Crippen LogP contribution < -0.4 is 0 Å². The van der Waals surface area contributed by atoms with Gasteiger partial charge >= 0.3 is 0 Å². The maximum Gasteiger partial charge on any atom is 0.155 e. The third kappa shape index (κ3) is 8.58. The molecule has 102 valence electrons. The van der Waals surface area contributed by atoms with E-state index in [-0.39, 0.29) is 12.4 Å². The summed E-state index contributed by atoms with van der Waals surface area (Å²) in [5.74, 6) is 0. The van der Waals surface area contributed by atoms with E-state index in [0.29, 0.717) is 6.61 Å². The molecule has 0 aromatic carbocycles. The molecule has 0 bridgehead atoms. The summed E-state index contributed by atoms with van der Waals surface area (Å²) in [6.07, 6.45) is 3.58. The normalized spacial score (nSPS) is 15.6. The summed E-state index contributed by atoms with van der Waals surface area (Å²) in [7, 11) is -1.14. The first kappa shape index (κ1) is 16.9. The van der Waals surface area contributed by atoms with Gasteiger partial charge in [0.2, 0.25) is 0 Å². The third-order valence-electron chi connectivity index (χ3n) is 2.98. The van der Waals surface area contributed by atoms with Crippen molar-refractivity contribution in [3.8, 4) is 0 Å². The molecular weight excluding hydrogens is 228 g/mol. The Morgan fingerprint density at radius 3 is 2.29 bits per heavy atom. The Morgan fingerprint density at radius 1 is 1.24 bits per heavy atom. The van der Waals surface area contributed by atoms with E-state index in [2.05, 4.69) is 33.1 Å². The molecule has 0 fully saturated rings. The second-order valence-corrected chi connectivity index (χ2v) is 10.9. The first-order chi connectivity index (χ1) is 7.77. The summed E-state index contributed by atoms with van der Waals surface area (Å²) >= 11 is 0. The first-order valence-electron chi connectivity index (χ1n) is 6.72. The van der Waals surface area contributed by atoms with Crippen molar-refractivity contribution < 1.29 is 9.47 Å². The zero-order chi connectivity index (χ0) is 13.5. The molecule has 3 heteroatoms. The fourth-order valence-electron chi connectivity index (χ4n) is 1.65. The molecule has 0 N–H and O–H groups in total. The summed E-state index contributed by atoms with van der Waals surface area (Å²) in [6.45, 7) is 18.0. The molecule has 2 atom stereocenters. The Hall–Kier alpha value is -0.123. The van der Waals surface area contributed by atoms with E-state index in [0.717, 1.165) is 12.8 Å². The lowest BCUT2D eigenvalue weighted by Gasteiger charge is -2.22. The van der Waals surface area contributed by atoms with E-state index >= 15 is 0 Å². The monoisotopic (exact) mass is 258 g/mol. The van der Waals surface area contributed by atoms with Crippen LogP contribution in [0.5, 0.6) is 0 Å². The summed E-state index contributed by atoms with van der Waals surface area (Å²) in [6, 6.07) is 0. The minimum absolute atomic E-state index is 0.0878. The van der Waals surface area contributed by atoms with Crippen molar-refractivity contribution in [2.45, 2.75) is 72.1 Å². The van der Waals surface area contributed by atoms with E-state index in [9.17, 15) is 0 Å². The molecule has 0 aliphatic carbocycles. The molecule has 0 rings (SSSR count). The van der Waals surface area contributed by atoms with Gasteiger partial charge < -0.3 is 9.47 Å². The Morgan fingerprint density at radius 2 is 1.82 bits per heavy atom. The van der Waals surface area contributed by atoms with E-state index in [1.807, 2.05) is 13.8 Å². The summed E-state index contributed by atoms with van der Waals surface area (Å²) < 4.78 is 11.1. The average Bonchev–Trinajstić information content (AvgIpc) is 2.16. The van der Waals surface area contributed by atoms with Crippen molar-refractivity contribution in [3.05, 3.63) is 11.8 Å². The SMILES string of the molecule is C=C(CCCC(C)OC(C)OCC)[Si](C)(C)C. The highest BCUT2D eigenvalue weighted by atomic mass is 28.3. The Balaban J connectivity index is 3.71. The van der Waals surface area contributed by atoms with Gasteiger partial charge in [-0.05, 0) is 40.0 Å². The lowest BCUT2D eigenvalue weighted by Crippen LogP contribution is -2.24. The second-order valence-electron chi connectivity index (χ2n) is 5.72. The highest BCUT2D eigenvalue weighted by molar-refractivity contribution is 6.82. The average molecular weight is 258 g/mol. The van der Waals surface area contributed by atoms with Crippen LogP contribution in [0.4, 0.5) is 0 Å². The molecule has 0 saturated carbocycles. The third-order valence-corrected chi connectivity index (χ3v) is 5.35. The summed E-state index contributed by atoms with van der Waals surface area (Å²) in [5, 5.41) is 1.46. The van der Waals surface area contributed by atoms with Crippen LogP contribution in [-0.4, -0.2) is 27.1 Å². The van der Waals surface area contributed by atoms with Crippen molar-refractivity contribution in [1.82, 2.24) is 0 Å². The van der Waals surface area contributed by atoms with Crippen LogP contribution in [0.1, 0.15) is 40.0 Å². The summed E-state index contributed by atoms with van der Waals surface area (Å²) in [4.78, 5) is 0. The lowest BCUT2D eigenvalue weighted by molar-refractivity contribution is -0.154. The largest absolute Gasteiger partial charge is 0.353 e. The van der Waals surface area contributed by atoms with Gasteiger partial charge in [0, 0.05) is 6.61 Å². The van der Waals surface area contributed by atoms with Gasteiger partial charge in [0.1, 0.15) is 0 Å². The first-order valence-corrected chi connectivity index (χ1v) is 10.2. The van der Waals surface area contributed by atoms with Crippen LogP contribution in [0.25, 0.3) is 0 Å². The van der Waals surface area contributed by atoms with Crippen molar-refractivity contribution in [2.24, 2.45) is 0 Å². The van der Waals surface area contributed by atoms with Gasteiger partial charge in [0.25, 0.3) is 0 Å². The van der Waals surface area contributed by atoms with Crippen molar-refractivity contribution >= 4 is 8.07 Å². The molecule has 0 aromatic rings. The topological polar surface area (TPSA) is 18.5 Å². The van der Waals surface area contributed by atoms with Crippen LogP contribution in [0.15, 0.2) is 11.8 Å². The molecule has 0 radical (unpaired) electrons. The van der Waals surface area contributed by atoms with Gasteiger partial charge in [-0.25, -0.2) is 0 Å². The van der Waals surface area contributed by atoms with Gasteiger partial charge in [0.15, 0.2) is 6.29 Å². The maximum atomic E-state index is 5.72. The summed E-state index contributed by atoms with van der Waals surface area (Å²) in [5.41, 5.74) is 0. The highest BCUT2D eigenvalue weighted by Crippen LogP contribution is 2.19. The number of ether oxygens (including phenoxy) is 2. The Kier molecular flexibility index (Phi) is 8.00. The Labute approximate surface area is 108 Å². The fourth-order valence-corrected chi connectivity index (χ4v) is 2.57. The smallest absolute Gasteiger partial charge is 0.155 e. The van der Waals surface area contributed by atoms with Crippen LogP contribution in [0, 0.1) is 0 Å². The molecule has 0 aliphatic rings. The molecule has 0 heterocycles. The minimum atomic E-state index is -1.14. The highest BCUT2D eigenvalue weighted by Gasteiger charge is 2.17. The van der Waals surface area contributed by atoms with E-state index in [1.165, 1.54) is 11.6 Å². The number of hydrogen-bond donors (Lipinski definition) is 0. The zero-order valence-electron chi connectivity index (χ0n) is 12.5. The molecule has 2 unspecified atom stereocenters. The van der Waals surface area contributed by atoms with Gasteiger partial charge in [-0.15, -0.1) is 6.58 Å². The number of rotatable bonds is 9. The van der Waals surface area contributed by atoms with Crippen molar-refractivity contribution in [3.63, 3.8) is 0 Å². The van der Waals surface area contributed by atoms with Gasteiger partial charge in [-0.2, -0.15) is 0 Å². The quantitative estimate of drug-likeness (QED) is 0.451. The molecule has 2 nitrogen and oxygen atoms in total. The number of hydrogen-bond acceptors (Lipinski definition) is 2. The molecule has 0 saturated heterocycles. The molecule has 0 spiro atoms. The van der Waals surface area contributed by atoms with E-state index in [1.54, 1.807) is 0 Å². The predicted octanol–water partition coefficient (Wildman–Crippen LogP) is 4.38. The lowest BCUT2D eigenvalue weighted by atomic mass is 10.2. The van der Waals surface area contributed by atoms with E-state index < -0.39 is 8.07 Å². The Bertz CT molecular complexity index is 221. The molecule has 0 amide bonds. The molecule has 0 aromatic heterocycles. The van der Waals surface area contributed by atoms with Crippen LogP contribution >= 0.6 is 0 Å². The van der Waals surface area contributed by atoms with Crippen LogP contribution in [-0.2, 0) is 9.47 Å². The van der Waals surface area contributed by atoms with Crippen molar-refractivity contribution in [1.29, 1.82) is 0 Å².